The lowest BCUT2D eigenvalue weighted by Gasteiger charge is -2.38. The first kappa shape index (κ1) is 33.7. The van der Waals surface area contributed by atoms with Crippen molar-refractivity contribution in [1.82, 2.24) is 9.47 Å². The Morgan fingerprint density at radius 3 is 2.09 bits per heavy atom. The summed E-state index contributed by atoms with van der Waals surface area (Å²) in [6, 6.07) is 8.54. The lowest BCUT2D eigenvalue weighted by molar-refractivity contribution is -0.122. The van der Waals surface area contributed by atoms with E-state index in [2.05, 4.69) is 22.8 Å². The van der Waals surface area contributed by atoms with E-state index in [-0.39, 0.29) is 22.8 Å². The van der Waals surface area contributed by atoms with Gasteiger partial charge >= 0.3 is 0 Å². The van der Waals surface area contributed by atoms with Gasteiger partial charge in [-0.05, 0) is 49.2 Å². The largest absolute Gasteiger partial charge is 0.368 e. The number of thioether (sulfide) groups is 1. The minimum atomic E-state index is -0.355. The Kier molecular flexibility index (Phi) is 12.4. The van der Waals surface area contributed by atoms with Gasteiger partial charge in [0.05, 0.1) is 4.91 Å². The summed E-state index contributed by atoms with van der Waals surface area (Å²) < 4.78 is 15.5. The van der Waals surface area contributed by atoms with Crippen molar-refractivity contribution in [2.45, 2.75) is 78.1 Å². The first-order valence-corrected chi connectivity index (χ1v) is 17.1. The summed E-state index contributed by atoms with van der Waals surface area (Å²) >= 11 is 6.90. The van der Waals surface area contributed by atoms with Gasteiger partial charge in [0.15, 0.2) is 0 Å². The van der Waals surface area contributed by atoms with Crippen LogP contribution in [0.1, 0.15) is 87.8 Å². The third-order valence-electron chi connectivity index (χ3n) is 8.62. The molecule has 0 unspecified atom stereocenters. The van der Waals surface area contributed by atoms with Crippen LogP contribution in [-0.2, 0) is 11.8 Å². The number of carbonyl (C=O) groups excluding carboxylic acids is 1. The molecule has 4 rings (SSSR count). The Labute approximate surface area is 270 Å². The van der Waals surface area contributed by atoms with E-state index in [0.717, 1.165) is 18.5 Å². The summed E-state index contributed by atoms with van der Waals surface area (Å²) in [6.45, 7) is 7.22. The second-order valence-corrected chi connectivity index (χ2v) is 13.4. The first-order valence-electron chi connectivity index (χ1n) is 15.9. The molecule has 1 aromatic heterocycles. The highest BCUT2D eigenvalue weighted by molar-refractivity contribution is 8.26. The number of aromatic nitrogens is 1. The second kappa shape index (κ2) is 16.2. The van der Waals surface area contributed by atoms with E-state index in [1.54, 1.807) is 31.0 Å². The molecule has 236 valence electrons. The van der Waals surface area contributed by atoms with E-state index in [1.165, 1.54) is 79.8 Å². The zero-order chi connectivity index (χ0) is 31.6. The summed E-state index contributed by atoms with van der Waals surface area (Å²) in [4.78, 5) is 33.2. The SMILES string of the molecule is CCCCCCCCCCCCN1C(=O)C(=Cc2c(C)c(C#N)c(=O)n(C)c2N2CCN(c3ccc(F)cc3)CC2)SC1=S. The lowest BCUT2D eigenvalue weighted by atomic mass is 10.0. The van der Waals surface area contributed by atoms with E-state index >= 15 is 0 Å². The Bertz CT molecular complexity index is 1460. The van der Waals surface area contributed by atoms with Gasteiger partial charge in [0, 0.05) is 51.0 Å². The number of carbonyl (C=O) groups is 1. The van der Waals surface area contributed by atoms with Crippen molar-refractivity contribution in [2.24, 2.45) is 7.05 Å². The fourth-order valence-corrected chi connectivity index (χ4v) is 7.29. The molecule has 3 heterocycles. The molecule has 0 aliphatic carbocycles. The molecule has 0 atom stereocenters. The van der Waals surface area contributed by atoms with Gasteiger partial charge in [0.2, 0.25) is 0 Å². The predicted molar refractivity (Wildman–Crippen MR) is 184 cm³/mol. The van der Waals surface area contributed by atoms with Crippen LogP contribution in [0, 0.1) is 24.1 Å². The van der Waals surface area contributed by atoms with Crippen LogP contribution in [0.25, 0.3) is 6.08 Å². The van der Waals surface area contributed by atoms with Gasteiger partial charge < -0.3 is 9.80 Å². The van der Waals surface area contributed by atoms with Crippen LogP contribution in [0.15, 0.2) is 34.0 Å². The van der Waals surface area contributed by atoms with Crippen LogP contribution < -0.4 is 15.4 Å². The molecule has 7 nitrogen and oxygen atoms in total. The Morgan fingerprint density at radius 2 is 1.50 bits per heavy atom. The quantitative estimate of drug-likeness (QED) is 0.124. The van der Waals surface area contributed by atoms with Crippen LogP contribution in [0.2, 0.25) is 0 Å². The lowest BCUT2D eigenvalue weighted by Crippen LogP contribution is -2.48. The number of amides is 1. The Morgan fingerprint density at radius 1 is 0.932 bits per heavy atom. The summed E-state index contributed by atoms with van der Waals surface area (Å²) in [6.07, 6.45) is 14.1. The molecule has 0 N–H and O–H groups in total. The van der Waals surface area contributed by atoms with Crippen molar-refractivity contribution in [3.8, 4) is 6.07 Å². The predicted octanol–water partition coefficient (Wildman–Crippen LogP) is 7.15. The number of rotatable bonds is 14. The molecule has 2 aliphatic heterocycles. The highest BCUT2D eigenvalue weighted by Gasteiger charge is 2.33. The van der Waals surface area contributed by atoms with Gasteiger partial charge in [0.1, 0.15) is 27.6 Å². The molecule has 1 amide bonds. The van der Waals surface area contributed by atoms with Crippen LogP contribution in [-0.4, -0.2) is 52.4 Å². The first-order chi connectivity index (χ1) is 21.3. The monoisotopic (exact) mass is 637 g/mol. The molecule has 2 aliphatic rings. The van der Waals surface area contributed by atoms with E-state index in [9.17, 15) is 19.2 Å². The molecule has 2 aromatic rings. The number of halogens is 1. The zero-order valence-electron chi connectivity index (χ0n) is 26.2. The number of anilines is 2. The van der Waals surface area contributed by atoms with E-state index in [0.29, 0.717) is 58.9 Å². The summed E-state index contributed by atoms with van der Waals surface area (Å²) in [5, 5.41) is 9.82. The highest BCUT2D eigenvalue weighted by Crippen LogP contribution is 2.36. The fraction of sp³-hybridized carbons (Fsp3) is 0.529. The molecule has 0 radical (unpaired) electrons. The van der Waals surface area contributed by atoms with Crippen molar-refractivity contribution in [3.05, 3.63) is 62.0 Å². The molecule has 0 bridgehead atoms. The summed E-state index contributed by atoms with van der Waals surface area (Å²) in [5.41, 5.74) is 1.92. The highest BCUT2D eigenvalue weighted by atomic mass is 32.2. The molecular weight excluding hydrogens is 594 g/mol. The molecule has 0 saturated carbocycles. The molecular formula is C34H44FN5O2S2. The zero-order valence-corrected chi connectivity index (χ0v) is 27.9. The third kappa shape index (κ3) is 8.10. The second-order valence-electron chi connectivity index (χ2n) is 11.7. The smallest absolute Gasteiger partial charge is 0.270 e. The van der Waals surface area contributed by atoms with Gasteiger partial charge in [-0.15, -0.1) is 0 Å². The van der Waals surface area contributed by atoms with Gasteiger partial charge in [-0.25, -0.2) is 4.39 Å². The van der Waals surface area contributed by atoms with Crippen LogP contribution in [0.5, 0.6) is 0 Å². The molecule has 1 aromatic carbocycles. The number of thiocarbonyl (C=S) groups is 1. The average molecular weight is 638 g/mol. The molecule has 0 spiro atoms. The van der Waals surface area contributed by atoms with Gasteiger partial charge in [-0.1, -0.05) is 88.7 Å². The third-order valence-corrected chi connectivity index (χ3v) is 10.0. The maximum absolute atomic E-state index is 13.5. The topological polar surface area (TPSA) is 72.6 Å². The van der Waals surface area contributed by atoms with Crippen LogP contribution >= 0.6 is 24.0 Å². The summed E-state index contributed by atoms with van der Waals surface area (Å²) in [5.74, 6) is 0.300. The number of nitrogens with zero attached hydrogens (tertiary/aromatic N) is 5. The molecule has 2 fully saturated rings. The number of pyridine rings is 1. The number of unbranched alkanes of at least 4 members (excludes halogenated alkanes) is 9. The molecule has 44 heavy (non-hydrogen) atoms. The molecule has 10 heteroatoms. The molecule has 2 saturated heterocycles. The van der Waals surface area contributed by atoms with Crippen molar-refractivity contribution in [3.63, 3.8) is 0 Å². The maximum atomic E-state index is 13.5. The maximum Gasteiger partial charge on any atom is 0.270 e. The Balaban J connectivity index is 1.45. The number of piperazine rings is 1. The van der Waals surface area contributed by atoms with E-state index < -0.39 is 0 Å². The van der Waals surface area contributed by atoms with Crippen molar-refractivity contribution in [2.75, 3.05) is 42.5 Å². The van der Waals surface area contributed by atoms with Gasteiger partial charge in [0.25, 0.3) is 11.5 Å². The van der Waals surface area contributed by atoms with Crippen LogP contribution in [0.3, 0.4) is 0 Å². The van der Waals surface area contributed by atoms with Crippen molar-refractivity contribution in [1.29, 1.82) is 5.26 Å². The minimum Gasteiger partial charge on any atom is -0.368 e. The van der Waals surface area contributed by atoms with Crippen LogP contribution in [0.4, 0.5) is 15.9 Å². The summed E-state index contributed by atoms with van der Waals surface area (Å²) in [7, 11) is 1.68. The fourth-order valence-electron chi connectivity index (χ4n) is 6.00. The number of benzene rings is 1. The standard InChI is InChI=1S/C34H44FN5O2S2/c1-4-5-6-7-8-9-10-11-12-13-18-40-33(42)30(44-34(40)43)23-28-25(2)29(24-36)32(41)37(3)31(28)39-21-19-38(20-22-39)27-16-14-26(35)15-17-27/h14-17,23H,4-13,18-22H2,1-3H3. The normalized spacial score (nSPS) is 16.3. The minimum absolute atomic E-state index is 0.0771. The van der Waals surface area contributed by atoms with Crippen molar-refractivity contribution < 1.29 is 9.18 Å². The van der Waals surface area contributed by atoms with E-state index in [1.807, 2.05) is 6.08 Å². The van der Waals surface area contributed by atoms with Crippen molar-refractivity contribution >= 4 is 51.8 Å². The number of hydrogen-bond acceptors (Lipinski definition) is 7. The number of hydrogen-bond donors (Lipinski definition) is 0. The van der Waals surface area contributed by atoms with E-state index in [4.69, 9.17) is 12.2 Å². The number of nitriles is 1. The van der Waals surface area contributed by atoms with Gasteiger partial charge in [-0.2, -0.15) is 5.26 Å². The average Bonchev–Trinajstić information content (AvgIpc) is 3.29. The van der Waals surface area contributed by atoms with Gasteiger partial charge in [-0.3, -0.25) is 19.1 Å². The Hall–Kier alpha value is -3.16.